The number of nitrogens with two attached hydrogens (primary N) is 1. The molecule has 0 bridgehead atoms. The Bertz CT molecular complexity index is 326. The maximum absolute atomic E-state index is 9.09. The van der Waals surface area contributed by atoms with Crippen molar-refractivity contribution in [1.82, 2.24) is 0 Å². The number of ether oxygens (including phenoxy) is 1. The van der Waals surface area contributed by atoms with Crippen molar-refractivity contribution in [3.05, 3.63) is 28.8 Å². The highest BCUT2D eigenvalue weighted by Crippen LogP contribution is 2.26. The fraction of sp³-hybridized carbons (Fsp3) is 0.400. The van der Waals surface area contributed by atoms with Crippen molar-refractivity contribution in [2.24, 2.45) is 5.73 Å². The highest BCUT2D eigenvalue weighted by Gasteiger charge is 2.21. The lowest BCUT2D eigenvalue weighted by Gasteiger charge is -2.23. The Morgan fingerprint density at radius 1 is 1.50 bits per heavy atom. The summed E-state index contributed by atoms with van der Waals surface area (Å²) in [5, 5.41) is 9.64. The summed E-state index contributed by atoms with van der Waals surface area (Å²) >= 11 is 5.87. The monoisotopic (exact) mass is 215 g/mol. The van der Waals surface area contributed by atoms with Crippen LogP contribution in [0, 0.1) is 0 Å². The molecule has 3 nitrogen and oxygen atoms in total. The molecule has 0 spiro atoms. The van der Waals surface area contributed by atoms with Crippen molar-refractivity contribution in [1.29, 1.82) is 0 Å². The molecule has 1 aromatic carbocycles. The predicted octanol–water partition coefficient (Wildman–Crippen LogP) is 1.51. The average Bonchev–Trinajstić information content (AvgIpc) is 2.16. The maximum Gasteiger partial charge on any atom is 0.120 e. The summed E-state index contributed by atoms with van der Waals surface area (Å²) in [5.74, 6) is 0.637. The fourth-order valence-corrected chi connectivity index (χ4v) is 1.33. The van der Waals surface area contributed by atoms with Crippen LogP contribution in [0.3, 0.4) is 0 Å². The van der Waals surface area contributed by atoms with Crippen molar-refractivity contribution in [3.8, 4) is 5.75 Å². The van der Waals surface area contributed by atoms with Crippen molar-refractivity contribution in [3.63, 3.8) is 0 Å². The van der Waals surface area contributed by atoms with Gasteiger partial charge in [-0.05, 0) is 30.7 Å². The van der Waals surface area contributed by atoms with Crippen molar-refractivity contribution >= 4 is 11.6 Å². The third kappa shape index (κ3) is 2.38. The Morgan fingerprint density at radius 2 is 2.14 bits per heavy atom. The third-order valence-corrected chi connectivity index (χ3v) is 2.31. The van der Waals surface area contributed by atoms with Gasteiger partial charge in [0.25, 0.3) is 0 Å². The zero-order valence-corrected chi connectivity index (χ0v) is 9.01. The van der Waals surface area contributed by atoms with E-state index in [2.05, 4.69) is 0 Å². The van der Waals surface area contributed by atoms with Crippen LogP contribution in [-0.2, 0) is 5.54 Å². The molecular weight excluding hydrogens is 202 g/mol. The summed E-state index contributed by atoms with van der Waals surface area (Å²) in [7, 11) is 1.56. The van der Waals surface area contributed by atoms with Crippen LogP contribution in [0.15, 0.2) is 18.2 Å². The Hall–Kier alpha value is -0.770. The van der Waals surface area contributed by atoms with E-state index >= 15 is 0 Å². The lowest BCUT2D eigenvalue weighted by atomic mass is 9.94. The second-order valence-electron chi connectivity index (χ2n) is 3.46. The number of benzene rings is 1. The number of aliphatic hydroxyl groups is 1. The molecule has 0 fully saturated rings. The SMILES string of the molecule is COc1cc(Cl)cc([C@@](C)(N)CO)c1. The molecule has 0 amide bonds. The summed E-state index contributed by atoms with van der Waals surface area (Å²) in [6.07, 6.45) is 0. The van der Waals surface area contributed by atoms with E-state index in [1.807, 2.05) is 0 Å². The summed E-state index contributed by atoms with van der Waals surface area (Å²) in [5.41, 5.74) is 5.83. The van der Waals surface area contributed by atoms with E-state index in [1.165, 1.54) is 0 Å². The van der Waals surface area contributed by atoms with Gasteiger partial charge in [-0.2, -0.15) is 0 Å². The molecule has 0 aliphatic carbocycles. The molecule has 0 saturated carbocycles. The van der Waals surface area contributed by atoms with Crippen LogP contribution >= 0.6 is 11.6 Å². The van der Waals surface area contributed by atoms with Crippen LogP contribution < -0.4 is 10.5 Å². The molecular formula is C10H14ClNO2. The van der Waals surface area contributed by atoms with Gasteiger partial charge in [-0.25, -0.2) is 0 Å². The van der Waals surface area contributed by atoms with Crippen molar-refractivity contribution in [2.75, 3.05) is 13.7 Å². The van der Waals surface area contributed by atoms with Gasteiger partial charge >= 0.3 is 0 Å². The van der Waals surface area contributed by atoms with Gasteiger partial charge in [0.1, 0.15) is 5.75 Å². The molecule has 0 aromatic heterocycles. The second kappa shape index (κ2) is 4.17. The van der Waals surface area contributed by atoms with Gasteiger partial charge < -0.3 is 15.6 Å². The first-order chi connectivity index (χ1) is 6.49. The number of halogens is 1. The Morgan fingerprint density at radius 3 is 2.64 bits per heavy atom. The molecule has 0 heterocycles. The predicted molar refractivity (Wildman–Crippen MR) is 56.6 cm³/mol. The molecule has 0 radical (unpaired) electrons. The van der Waals surface area contributed by atoms with E-state index in [1.54, 1.807) is 32.2 Å². The van der Waals surface area contributed by atoms with Gasteiger partial charge in [0.2, 0.25) is 0 Å². The highest BCUT2D eigenvalue weighted by atomic mass is 35.5. The minimum Gasteiger partial charge on any atom is -0.497 e. The molecule has 0 aliphatic rings. The Kier molecular flexibility index (Phi) is 3.37. The van der Waals surface area contributed by atoms with Crippen LogP contribution in [0.25, 0.3) is 0 Å². The van der Waals surface area contributed by atoms with E-state index in [0.29, 0.717) is 10.8 Å². The van der Waals surface area contributed by atoms with E-state index in [4.69, 9.17) is 27.2 Å². The number of hydrogen-bond acceptors (Lipinski definition) is 3. The number of methoxy groups -OCH3 is 1. The largest absolute Gasteiger partial charge is 0.497 e. The first kappa shape index (κ1) is 11.3. The van der Waals surface area contributed by atoms with E-state index in [0.717, 1.165) is 5.56 Å². The first-order valence-corrected chi connectivity index (χ1v) is 4.62. The molecule has 0 aliphatic heterocycles. The van der Waals surface area contributed by atoms with Gasteiger partial charge in [-0.15, -0.1) is 0 Å². The van der Waals surface area contributed by atoms with E-state index in [-0.39, 0.29) is 6.61 Å². The van der Waals surface area contributed by atoms with Crippen LogP contribution in [-0.4, -0.2) is 18.8 Å². The summed E-state index contributed by atoms with van der Waals surface area (Å²) in [4.78, 5) is 0. The second-order valence-corrected chi connectivity index (χ2v) is 3.89. The summed E-state index contributed by atoms with van der Waals surface area (Å²) in [6, 6.07) is 5.18. The molecule has 14 heavy (non-hydrogen) atoms. The standard InChI is InChI=1S/C10H14ClNO2/c1-10(12,6-13)7-3-8(11)5-9(4-7)14-2/h3-5,13H,6,12H2,1-2H3/t10-/m0/s1. The molecule has 0 unspecified atom stereocenters. The maximum atomic E-state index is 9.09. The highest BCUT2D eigenvalue weighted by molar-refractivity contribution is 6.30. The van der Waals surface area contributed by atoms with Crippen LogP contribution in [0.4, 0.5) is 0 Å². The molecule has 0 saturated heterocycles. The van der Waals surface area contributed by atoms with E-state index in [9.17, 15) is 0 Å². The number of hydrogen-bond donors (Lipinski definition) is 2. The normalized spacial score (nSPS) is 14.9. The zero-order valence-electron chi connectivity index (χ0n) is 8.25. The average molecular weight is 216 g/mol. The summed E-state index contributed by atoms with van der Waals surface area (Å²) < 4.78 is 5.05. The van der Waals surface area contributed by atoms with Crippen LogP contribution in [0.2, 0.25) is 5.02 Å². The quantitative estimate of drug-likeness (QED) is 0.804. The zero-order chi connectivity index (χ0) is 10.8. The number of rotatable bonds is 3. The van der Waals surface area contributed by atoms with Crippen LogP contribution in [0.5, 0.6) is 5.75 Å². The molecule has 1 rings (SSSR count). The fourth-order valence-electron chi connectivity index (χ4n) is 1.10. The molecule has 1 aromatic rings. The lowest BCUT2D eigenvalue weighted by molar-refractivity contribution is 0.210. The van der Waals surface area contributed by atoms with Gasteiger partial charge in [0.15, 0.2) is 0 Å². The molecule has 1 atom stereocenters. The topological polar surface area (TPSA) is 55.5 Å². The first-order valence-electron chi connectivity index (χ1n) is 4.24. The van der Waals surface area contributed by atoms with Crippen LogP contribution in [0.1, 0.15) is 12.5 Å². The molecule has 78 valence electrons. The minimum absolute atomic E-state index is 0.142. The lowest BCUT2D eigenvalue weighted by Crippen LogP contribution is -2.36. The molecule has 3 N–H and O–H groups in total. The number of aliphatic hydroxyl groups excluding tert-OH is 1. The smallest absolute Gasteiger partial charge is 0.120 e. The van der Waals surface area contributed by atoms with Crippen molar-refractivity contribution < 1.29 is 9.84 Å². The van der Waals surface area contributed by atoms with E-state index < -0.39 is 5.54 Å². The minimum atomic E-state index is -0.793. The Balaban J connectivity index is 3.15. The van der Waals surface area contributed by atoms with Gasteiger partial charge in [-0.3, -0.25) is 0 Å². The van der Waals surface area contributed by atoms with Gasteiger partial charge in [0.05, 0.1) is 19.3 Å². The van der Waals surface area contributed by atoms with Gasteiger partial charge in [0, 0.05) is 5.02 Å². The summed E-state index contributed by atoms with van der Waals surface area (Å²) in [6.45, 7) is 1.59. The Labute approximate surface area is 88.4 Å². The van der Waals surface area contributed by atoms with Crippen molar-refractivity contribution in [2.45, 2.75) is 12.5 Å². The third-order valence-electron chi connectivity index (χ3n) is 2.09. The molecule has 4 heteroatoms. The van der Waals surface area contributed by atoms with Gasteiger partial charge in [-0.1, -0.05) is 11.6 Å².